The molecule has 3 rings (SSSR count). The number of pyridine rings is 1. The van der Waals surface area contributed by atoms with Crippen molar-refractivity contribution in [3.63, 3.8) is 0 Å². The van der Waals surface area contributed by atoms with E-state index < -0.39 is 0 Å². The number of nitrogens with zero attached hydrogens (tertiary/aromatic N) is 3. The van der Waals surface area contributed by atoms with Crippen LogP contribution in [0, 0.1) is 0 Å². The van der Waals surface area contributed by atoms with Gasteiger partial charge in [-0.15, -0.1) is 0 Å². The number of carbonyl (C=O) groups excluding carboxylic acids is 1. The first-order valence-corrected chi connectivity index (χ1v) is 6.13. The van der Waals surface area contributed by atoms with Gasteiger partial charge in [0.25, 0.3) is 0 Å². The van der Waals surface area contributed by atoms with Crippen molar-refractivity contribution in [1.29, 1.82) is 0 Å². The number of nitrogens with one attached hydrogen (secondary N) is 2. The monoisotopic (exact) mass is 258 g/mol. The Morgan fingerprint density at radius 3 is 3.00 bits per heavy atom. The summed E-state index contributed by atoms with van der Waals surface area (Å²) in [6.45, 7) is 0.187. The van der Waals surface area contributed by atoms with Crippen molar-refractivity contribution in [2.45, 2.75) is 18.9 Å². The van der Waals surface area contributed by atoms with Gasteiger partial charge in [-0.25, -0.2) is 15.0 Å². The van der Waals surface area contributed by atoms with E-state index in [-0.39, 0.29) is 12.5 Å². The van der Waals surface area contributed by atoms with Gasteiger partial charge in [0.1, 0.15) is 18.0 Å². The molecule has 7 heteroatoms. The van der Waals surface area contributed by atoms with Gasteiger partial charge in [-0.1, -0.05) is 0 Å². The Balaban J connectivity index is 1.74. The third-order valence-corrected chi connectivity index (χ3v) is 2.88. The average Bonchev–Trinajstić information content (AvgIpc) is 3.19. The molecule has 1 fully saturated rings. The highest BCUT2D eigenvalue weighted by atomic mass is 16.2. The van der Waals surface area contributed by atoms with Gasteiger partial charge in [0.15, 0.2) is 5.65 Å². The average molecular weight is 258 g/mol. The molecule has 1 saturated carbocycles. The molecule has 7 nitrogen and oxygen atoms in total. The van der Waals surface area contributed by atoms with E-state index >= 15 is 0 Å². The minimum Gasteiger partial charge on any atom is -0.384 e. The summed E-state index contributed by atoms with van der Waals surface area (Å²) in [5, 5.41) is 6.64. The van der Waals surface area contributed by atoms with Crippen LogP contribution in [0.5, 0.6) is 0 Å². The van der Waals surface area contributed by atoms with Gasteiger partial charge < -0.3 is 16.4 Å². The number of aromatic nitrogens is 3. The summed E-state index contributed by atoms with van der Waals surface area (Å²) in [6, 6.07) is 3.83. The second kappa shape index (κ2) is 4.68. The molecule has 2 aromatic rings. The maximum atomic E-state index is 11.6. The first kappa shape index (κ1) is 11.6. The van der Waals surface area contributed by atoms with Gasteiger partial charge >= 0.3 is 0 Å². The summed E-state index contributed by atoms with van der Waals surface area (Å²) in [4.78, 5) is 23.9. The first-order valence-electron chi connectivity index (χ1n) is 6.13. The Bertz CT molecular complexity index is 625. The molecule has 1 aliphatic carbocycles. The lowest BCUT2D eigenvalue weighted by Gasteiger charge is -2.08. The normalized spacial score (nSPS) is 14.3. The maximum Gasteiger partial charge on any atom is 0.239 e. The molecule has 0 atom stereocenters. The van der Waals surface area contributed by atoms with Crippen LogP contribution < -0.4 is 16.4 Å². The van der Waals surface area contributed by atoms with Gasteiger partial charge in [0.2, 0.25) is 5.91 Å². The SMILES string of the molecule is Nc1ccc2c(NCC(=O)NC3CC3)ncnc2n1. The Morgan fingerprint density at radius 1 is 1.37 bits per heavy atom. The number of anilines is 2. The molecule has 0 aromatic carbocycles. The smallest absolute Gasteiger partial charge is 0.239 e. The molecule has 0 spiro atoms. The van der Waals surface area contributed by atoms with Gasteiger partial charge in [-0.2, -0.15) is 0 Å². The number of rotatable bonds is 4. The number of nitrogen functional groups attached to an aromatic ring is 1. The Labute approximate surface area is 109 Å². The van der Waals surface area contributed by atoms with Crippen LogP contribution in [0.1, 0.15) is 12.8 Å². The van der Waals surface area contributed by atoms with Crippen molar-refractivity contribution in [2.75, 3.05) is 17.6 Å². The fourth-order valence-electron chi connectivity index (χ4n) is 1.77. The van der Waals surface area contributed by atoms with E-state index in [1.807, 2.05) is 0 Å². The highest BCUT2D eigenvalue weighted by Crippen LogP contribution is 2.19. The van der Waals surface area contributed by atoms with Crippen molar-refractivity contribution in [3.05, 3.63) is 18.5 Å². The molecule has 4 N–H and O–H groups in total. The molecule has 2 aromatic heterocycles. The van der Waals surface area contributed by atoms with Crippen molar-refractivity contribution in [1.82, 2.24) is 20.3 Å². The molecule has 0 radical (unpaired) electrons. The van der Waals surface area contributed by atoms with Crippen molar-refractivity contribution in [3.8, 4) is 0 Å². The molecular formula is C12H14N6O. The van der Waals surface area contributed by atoms with Gasteiger partial charge in [-0.05, 0) is 25.0 Å². The third-order valence-electron chi connectivity index (χ3n) is 2.88. The van der Waals surface area contributed by atoms with E-state index in [1.54, 1.807) is 12.1 Å². The Hall–Kier alpha value is -2.44. The minimum absolute atomic E-state index is 0.0299. The van der Waals surface area contributed by atoms with Crippen LogP contribution in [0.15, 0.2) is 18.5 Å². The van der Waals surface area contributed by atoms with Crippen molar-refractivity contribution >= 4 is 28.6 Å². The van der Waals surface area contributed by atoms with Gasteiger partial charge in [0.05, 0.1) is 11.9 Å². The molecule has 0 unspecified atom stereocenters. The second-order valence-electron chi connectivity index (χ2n) is 4.52. The van der Waals surface area contributed by atoms with Crippen LogP contribution in [-0.4, -0.2) is 33.4 Å². The highest BCUT2D eigenvalue weighted by Gasteiger charge is 2.22. The molecule has 2 heterocycles. The summed E-state index contributed by atoms with van der Waals surface area (Å²) in [5.74, 6) is 0.963. The summed E-state index contributed by atoms with van der Waals surface area (Å²) in [5.41, 5.74) is 6.12. The summed E-state index contributed by atoms with van der Waals surface area (Å²) in [6.07, 6.45) is 3.55. The van der Waals surface area contributed by atoms with E-state index in [4.69, 9.17) is 5.73 Å². The van der Waals surface area contributed by atoms with E-state index in [2.05, 4.69) is 25.6 Å². The van der Waals surface area contributed by atoms with Crippen LogP contribution in [0.3, 0.4) is 0 Å². The lowest BCUT2D eigenvalue weighted by molar-refractivity contribution is -0.119. The predicted octanol–water partition coefficient (Wildman–Crippen LogP) is 0.297. The van der Waals surface area contributed by atoms with E-state index in [9.17, 15) is 4.79 Å². The van der Waals surface area contributed by atoms with Crippen molar-refractivity contribution < 1.29 is 4.79 Å². The third kappa shape index (κ3) is 2.70. The van der Waals surface area contributed by atoms with E-state index in [0.29, 0.717) is 23.3 Å². The quantitative estimate of drug-likeness (QED) is 0.728. The summed E-state index contributed by atoms with van der Waals surface area (Å²) >= 11 is 0. The lowest BCUT2D eigenvalue weighted by Crippen LogP contribution is -2.31. The molecule has 98 valence electrons. The topological polar surface area (TPSA) is 106 Å². The number of nitrogens with two attached hydrogens (primary N) is 1. The van der Waals surface area contributed by atoms with E-state index in [1.165, 1.54) is 6.33 Å². The number of hydrogen-bond acceptors (Lipinski definition) is 6. The van der Waals surface area contributed by atoms with Gasteiger partial charge in [0, 0.05) is 6.04 Å². The Kier molecular flexibility index (Phi) is 2.86. The van der Waals surface area contributed by atoms with Gasteiger partial charge in [-0.3, -0.25) is 4.79 Å². The molecule has 0 aliphatic heterocycles. The van der Waals surface area contributed by atoms with Crippen LogP contribution in [-0.2, 0) is 4.79 Å². The molecule has 1 amide bonds. The zero-order valence-electron chi connectivity index (χ0n) is 10.3. The standard InChI is InChI=1S/C12H14N6O/c13-9-4-3-8-11(15-6-16-12(8)18-9)14-5-10(19)17-7-1-2-7/h3-4,6-7H,1-2,5H2,(H,17,19)(H3,13,14,15,16,18). The largest absolute Gasteiger partial charge is 0.384 e. The second-order valence-corrected chi connectivity index (χ2v) is 4.52. The predicted molar refractivity (Wildman–Crippen MR) is 71.4 cm³/mol. The minimum atomic E-state index is -0.0299. The van der Waals surface area contributed by atoms with Crippen LogP contribution in [0.25, 0.3) is 11.0 Å². The number of hydrogen-bond donors (Lipinski definition) is 3. The highest BCUT2D eigenvalue weighted by molar-refractivity contribution is 5.89. The van der Waals surface area contributed by atoms with Crippen molar-refractivity contribution in [2.24, 2.45) is 0 Å². The van der Waals surface area contributed by atoms with Crippen LogP contribution in [0.4, 0.5) is 11.6 Å². The molecule has 1 aliphatic rings. The molecule has 0 bridgehead atoms. The summed E-state index contributed by atoms with van der Waals surface area (Å²) < 4.78 is 0. The Morgan fingerprint density at radius 2 is 2.21 bits per heavy atom. The fourth-order valence-corrected chi connectivity index (χ4v) is 1.77. The van der Waals surface area contributed by atoms with E-state index in [0.717, 1.165) is 18.2 Å². The fraction of sp³-hybridized carbons (Fsp3) is 0.333. The molecule has 19 heavy (non-hydrogen) atoms. The van der Waals surface area contributed by atoms with Crippen LogP contribution in [0.2, 0.25) is 0 Å². The molecular weight excluding hydrogens is 244 g/mol. The number of carbonyl (C=O) groups is 1. The first-order chi connectivity index (χ1) is 9.22. The maximum absolute atomic E-state index is 11.6. The number of fused-ring (bicyclic) bond motifs is 1. The zero-order chi connectivity index (χ0) is 13.2. The van der Waals surface area contributed by atoms with Crippen LogP contribution >= 0.6 is 0 Å². The lowest BCUT2D eigenvalue weighted by atomic mass is 10.3. The molecule has 0 saturated heterocycles. The zero-order valence-corrected chi connectivity index (χ0v) is 10.3. The number of amides is 1. The summed E-state index contributed by atoms with van der Waals surface area (Å²) in [7, 11) is 0.